The Morgan fingerprint density at radius 1 is 1.36 bits per heavy atom. The Morgan fingerprint density at radius 3 is 2.86 bits per heavy atom. The van der Waals surface area contributed by atoms with Gasteiger partial charge in [0.05, 0.1) is 0 Å². The molecule has 2 rings (SSSR count). The SMILES string of the molecule is C=CCNC(=O)c1cc(NCc2ccccc2F)nc(C)n1. The fourth-order valence-electron chi connectivity index (χ4n) is 1.86. The first-order chi connectivity index (χ1) is 10.6. The van der Waals surface area contributed by atoms with Crippen LogP contribution in [0, 0.1) is 12.7 Å². The van der Waals surface area contributed by atoms with Gasteiger partial charge in [0.2, 0.25) is 0 Å². The Balaban J connectivity index is 2.11. The molecule has 0 radical (unpaired) electrons. The van der Waals surface area contributed by atoms with Gasteiger partial charge in [-0.25, -0.2) is 14.4 Å². The van der Waals surface area contributed by atoms with Crippen LogP contribution in [0.4, 0.5) is 10.2 Å². The van der Waals surface area contributed by atoms with E-state index in [4.69, 9.17) is 0 Å². The number of hydrogen-bond donors (Lipinski definition) is 2. The van der Waals surface area contributed by atoms with Crippen molar-refractivity contribution in [2.24, 2.45) is 0 Å². The Kier molecular flexibility index (Phi) is 5.19. The minimum absolute atomic E-state index is 0.255. The summed E-state index contributed by atoms with van der Waals surface area (Å²) in [6, 6.07) is 8.02. The number of nitrogens with zero attached hydrogens (tertiary/aromatic N) is 2. The van der Waals surface area contributed by atoms with Gasteiger partial charge in [-0.15, -0.1) is 6.58 Å². The van der Waals surface area contributed by atoms with Crippen molar-refractivity contribution < 1.29 is 9.18 Å². The molecule has 114 valence electrons. The third-order valence-corrected chi connectivity index (χ3v) is 2.90. The number of hydrogen-bond acceptors (Lipinski definition) is 4. The topological polar surface area (TPSA) is 66.9 Å². The molecule has 22 heavy (non-hydrogen) atoms. The number of nitrogens with one attached hydrogen (secondary N) is 2. The molecular formula is C16H17FN4O. The summed E-state index contributed by atoms with van der Waals surface area (Å²) in [5.41, 5.74) is 0.779. The average molecular weight is 300 g/mol. The first-order valence-electron chi connectivity index (χ1n) is 6.82. The number of carbonyl (C=O) groups excluding carboxylic acids is 1. The van der Waals surface area contributed by atoms with Gasteiger partial charge in [-0.1, -0.05) is 24.3 Å². The minimum atomic E-state index is -0.306. The van der Waals surface area contributed by atoms with E-state index in [9.17, 15) is 9.18 Å². The van der Waals surface area contributed by atoms with Gasteiger partial charge in [0.1, 0.15) is 23.2 Å². The van der Waals surface area contributed by atoms with E-state index in [1.165, 1.54) is 12.1 Å². The van der Waals surface area contributed by atoms with Crippen molar-refractivity contribution in [2.75, 3.05) is 11.9 Å². The molecule has 0 spiro atoms. The van der Waals surface area contributed by atoms with Crippen molar-refractivity contribution in [1.29, 1.82) is 0 Å². The summed E-state index contributed by atoms with van der Waals surface area (Å²) in [6.45, 7) is 5.87. The fourth-order valence-corrected chi connectivity index (χ4v) is 1.86. The highest BCUT2D eigenvalue weighted by molar-refractivity contribution is 5.93. The Morgan fingerprint density at radius 2 is 2.14 bits per heavy atom. The molecule has 0 unspecified atom stereocenters. The number of carbonyl (C=O) groups is 1. The largest absolute Gasteiger partial charge is 0.366 e. The van der Waals surface area contributed by atoms with E-state index in [0.717, 1.165) is 0 Å². The van der Waals surface area contributed by atoms with Crippen LogP contribution < -0.4 is 10.6 Å². The fraction of sp³-hybridized carbons (Fsp3) is 0.188. The van der Waals surface area contributed by atoms with Crippen LogP contribution in [0.15, 0.2) is 43.0 Å². The van der Waals surface area contributed by atoms with Crippen LogP contribution in [-0.4, -0.2) is 22.4 Å². The van der Waals surface area contributed by atoms with Crippen molar-refractivity contribution >= 4 is 11.7 Å². The quantitative estimate of drug-likeness (QED) is 0.804. The number of amides is 1. The monoisotopic (exact) mass is 300 g/mol. The summed E-state index contributed by atoms with van der Waals surface area (Å²) < 4.78 is 13.6. The molecule has 0 fully saturated rings. The molecule has 2 N–H and O–H groups in total. The molecule has 2 aromatic rings. The van der Waals surface area contributed by atoms with E-state index in [0.29, 0.717) is 23.8 Å². The van der Waals surface area contributed by atoms with Crippen LogP contribution in [0.1, 0.15) is 21.9 Å². The third kappa shape index (κ3) is 4.12. The third-order valence-electron chi connectivity index (χ3n) is 2.90. The number of benzene rings is 1. The summed E-state index contributed by atoms with van der Waals surface area (Å²) in [6.07, 6.45) is 1.59. The zero-order valence-electron chi connectivity index (χ0n) is 12.3. The molecule has 1 amide bonds. The zero-order chi connectivity index (χ0) is 15.9. The Bertz CT molecular complexity index is 688. The smallest absolute Gasteiger partial charge is 0.270 e. The molecule has 0 atom stereocenters. The van der Waals surface area contributed by atoms with E-state index < -0.39 is 0 Å². The lowest BCUT2D eigenvalue weighted by molar-refractivity contribution is 0.0952. The highest BCUT2D eigenvalue weighted by atomic mass is 19.1. The molecule has 0 saturated heterocycles. The lowest BCUT2D eigenvalue weighted by Gasteiger charge is -2.09. The van der Waals surface area contributed by atoms with Crippen LogP contribution in [0.3, 0.4) is 0 Å². The van der Waals surface area contributed by atoms with Crippen molar-refractivity contribution in [1.82, 2.24) is 15.3 Å². The van der Waals surface area contributed by atoms with Crippen LogP contribution in [0.25, 0.3) is 0 Å². The summed E-state index contributed by atoms with van der Waals surface area (Å²) in [4.78, 5) is 20.2. The molecule has 5 nitrogen and oxygen atoms in total. The second-order valence-electron chi connectivity index (χ2n) is 4.63. The predicted octanol–water partition coefficient (Wildman–Crippen LogP) is 2.45. The van der Waals surface area contributed by atoms with E-state index >= 15 is 0 Å². The standard InChI is InChI=1S/C16H17FN4O/c1-3-8-18-16(22)14-9-15(21-11(2)20-14)19-10-12-6-4-5-7-13(12)17/h3-7,9H,1,8,10H2,2H3,(H,18,22)(H,19,20,21). The van der Waals surface area contributed by atoms with E-state index in [1.54, 1.807) is 31.2 Å². The van der Waals surface area contributed by atoms with Crippen LogP contribution in [-0.2, 0) is 6.54 Å². The second-order valence-corrected chi connectivity index (χ2v) is 4.63. The van der Waals surface area contributed by atoms with Gasteiger partial charge in [-0.2, -0.15) is 0 Å². The van der Waals surface area contributed by atoms with E-state index in [2.05, 4.69) is 27.2 Å². The molecule has 1 aromatic heterocycles. The number of halogens is 1. The van der Waals surface area contributed by atoms with Crippen LogP contribution >= 0.6 is 0 Å². The normalized spacial score (nSPS) is 10.1. The molecule has 0 aliphatic heterocycles. The molecule has 0 aliphatic rings. The van der Waals surface area contributed by atoms with Crippen molar-refractivity contribution in [3.05, 3.63) is 65.9 Å². The summed E-state index contributed by atoms with van der Waals surface area (Å²) >= 11 is 0. The second kappa shape index (κ2) is 7.31. The number of rotatable bonds is 6. The number of aromatic nitrogens is 2. The van der Waals surface area contributed by atoms with Gasteiger partial charge in [0.25, 0.3) is 5.91 Å². The zero-order valence-corrected chi connectivity index (χ0v) is 12.3. The van der Waals surface area contributed by atoms with Crippen molar-refractivity contribution in [3.63, 3.8) is 0 Å². The lowest BCUT2D eigenvalue weighted by atomic mass is 10.2. The Hall–Kier alpha value is -2.76. The summed E-state index contributed by atoms with van der Waals surface area (Å²) in [7, 11) is 0. The van der Waals surface area contributed by atoms with Gasteiger partial charge in [-0.3, -0.25) is 4.79 Å². The minimum Gasteiger partial charge on any atom is -0.366 e. The molecule has 1 heterocycles. The molecule has 0 saturated carbocycles. The summed E-state index contributed by atoms with van der Waals surface area (Å²) in [5.74, 6) is 0.339. The van der Waals surface area contributed by atoms with Crippen LogP contribution in [0.5, 0.6) is 0 Å². The van der Waals surface area contributed by atoms with Crippen molar-refractivity contribution in [3.8, 4) is 0 Å². The maximum atomic E-state index is 13.6. The molecular weight excluding hydrogens is 283 g/mol. The molecule has 0 bridgehead atoms. The van der Waals surface area contributed by atoms with E-state index in [1.807, 2.05) is 0 Å². The predicted molar refractivity (Wildman–Crippen MR) is 83.0 cm³/mol. The highest BCUT2D eigenvalue weighted by Gasteiger charge is 2.10. The van der Waals surface area contributed by atoms with Gasteiger partial charge in [-0.05, 0) is 13.0 Å². The average Bonchev–Trinajstić information content (AvgIpc) is 2.51. The first-order valence-corrected chi connectivity index (χ1v) is 6.82. The van der Waals surface area contributed by atoms with Gasteiger partial charge < -0.3 is 10.6 Å². The molecule has 1 aromatic carbocycles. The Labute approximate surface area is 128 Å². The molecule has 0 aliphatic carbocycles. The van der Waals surface area contributed by atoms with E-state index in [-0.39, 0.29) is 24.0 Å². The number of anilines is 1. The highest BCUT2D eigenvalue weighted by Crippen LogP contribution is 2.11. The summed E-state index contributed by atoms with van der Waals surface area (Å²) in [5, 5.41) is 5.65. The van der Waals surface area contributed by atoms with Crippen molar-refractivity contribution in [2.45, 2.75) is 13.5 Å². The first kappa shape index (κ1) is 15.6. The maximum absolute atomic E-state index is 13.6. The van der Waals surface area contributed by atoms with Gasteiger partial charge in [0, 0.05) is 24.7 Å². The lowest BCUT2D eigenvalue weighted by Crippen LogP contribution is -2.25. The van der Waals surface area contributed by atoms with Gasteiger partial charge in [0.15, 0.2) is 0 Å². The van der Waals surface area contributed by atoms with Crippen LogP contribution in [0.2, 0.25) is 0 Å². The number of aryl methyl sites for hydroxylation is 1. The molecule has 6 heteroatoms. The maximum Gasteiger partial charge on any atom is 0.270 e. The van der Waals surface area contributed by atoms with Gasteiger partial charge >= 0.3 is 0 Å².